The van der Waals surface area contributed by atoms with Gasteiger partial charge in [0.25, 0.3) is 5.69 Å². The first-order valence-corrected chi connectivity index (χ1v) is 8.43. The van der Waals surface area contributed by atoms with Crippen LogP contribution < -0.4 is 15.0 Å². The molecular weight excluding hydrogens is 374 g/mol. The van der Waals surface area contributed by atoms with E-state index in [4.69, 9.17) is 16.3 Å². The van der Waals surface area contributed by atoms with Gasteiger partial charge in [-0.15, -0.1) is 0 Å². The van der Waals surface area contributed by atoms with Gasteiger partial charge in [-0.3, -0.25) is 14.9 Å². The fraction of sp³-hybridized carbons (Fsp3) is 0.222. The van der Waals surface area contributed by atoms with E-state index in [9.17, 15) is 19.7 Å². The van der Waals surface area contributed by atoms with Crippen LogP contribution in [0.4, 0.5) is 17.1 Å². The quantitative estimate of drug-likeness (QED) is 0.373. The Morgan fingerprint density at radius 3 is 2.74 bits per heavy atom. The predicted molar refractivity (Wildman–Crippen MR) is 101 cm³/mol. The Balaban J connectivity index is 1.81. The summed E-state index contributed by atoms with van der Waals surface area (Å²) in [6.07, 6.45) is 0. The lowest BCUT2D eigenvalue weighted by Crippen LogP contribution is -2.41. The van der Waals surface area contributed by atoms with Crippen molar-refractivity contribution in [2.75, 3.05) is 23.3 Å². The van der Waals surface area contributed by atoms with Crippen LogP contribution in [-0.2, 0) is 9.59 Å². The van der Waals surface area contributed by atoms with E-state index in [2.05, 4.69) is 5.32 Å². The molecule has 0 unspecified atom stereocenters. The number of nitro groups is 1. The van der Waals surface area contributed by atoms with Crippen LogP contribution in [0.3, 0.4) is 0 Å². The molecule has 0 spiro atoms. The summed E-state index contributed by atoms with van der Waals surface area (Å²) in [6.45, 7) is 3.46. The van der Waals surface area contributed by atoms with Crippen molar-refractivity contribution in [1.29, 1.82) is 0 Å². The molecule has 0 saturated heterocycles. The number of carbonyl (C=O) groups is 2. The van der Waals surface area contributed by atoms with Gasteiger partial charge in [0.2, 0.25) is 5.91 Å². The molecular formula is C18H16ClN3O5. The summed E-state index contributed by atoms with van der Waals surface area (Å²) in [4.78, 5) is 36.1. The Hall–Kier alpha value is -3.13. The molecule has 0 bridgehead atoms. The number of esters is 1. The third-order valence-corrected chi connectivity index (χ3v) is 4.37. The number of nitrogens with one attached hydrogen (secondary N) is 1. The van der Waals surface area contributed by atoms with Crippen molar-refractivity contribution in [3.8, 4) is 5.75 Å². The van der Waals surface area contributed by atoms with Crippen molar-refractivity contribution >= 4 is 40.5 Å². The number of halogens is 1. The summed E-state index contributed by atoms with van der Waals surface area (Å²) >= 11 is 6.21. The lowest BCUT2D eigenvalue weighted by atomic mass is 10.1. The van der Waals surface area contributed by atoms with Crippen molar-refractivity contribution in [1.82, 2.24) is 0 Å². The Labute approximate surface area is 159 Å². The average molecular weight is 390 g/mol. The molecule has 140 valence electrons. The van der Waals surface area contributed by atoms with Gasteiger partial charge in [-0.25, -0.2) is 4.79 Å². The Morgan fingerprint density at radius 1 is 1.33 bits per heavy atom. The summed E-state index contributed by atoms with van der Waals surface area (Å²) < 4.78 is 5.07. The van der Waals surface area contributed by atoms with Gasteiger partial charge in [-0.05, 0) is 37.1 Å². The molecule has 0 atom stereocenters. The summed E-state index contributed by atoms with van der Waals surface area (Å²) in [5.74, 6) is -0.916. The highest BCUT2D eigenvalue weighted by Gasteiger charge is 2.27. The number of carbonyl (C=O) groups excluding carboxylic acids is 2. The van der Waals surface area contributed by atoms with Crippen LogP contribution in [0.1, 0.15) is 11.1 Å². The van der Waals surface area contributed by atoms with E-state index in [-0.39, 0.29) is 30.4 Å². The van der Waals surface area contributed by atoms with Gasteiger partial charge in [0.05, 0.1) is 33.9 Å². The average Bonchev–Trinajstić information content (AvgIpc) is 2.57. The van der Waals surface area contributed by atoms with Crippen molar-refractivity contribution in [3.63, 3.8) is 0 Å². The van der Waals surface area contributed by atoms with E-state index in [0.29, 0.717) is 16.4 Å². The van der Waals surface area contributed by atoms with Crippen LogP contribution in [0.15, 0.2) is 30.3 Å². The first-order valence-electron chi connectivity index (χ1n) is 8.05. The summed E-state index contributed by atoms with van der Waals surface area (Å²) in [7, 11) is 0. The monoisotopic (exact) mass is 389 g/mol. The Kier molecular flexibility index (Phi) is 5.00. The zero-order chi connectivity index (χ0) is 19.7. The van der Waals surface area contributed by atoms with Gasteiger partial charge in [0.1, 0.15) is 6.54 Å². The molecule has 0 saturated carbocycles. The molecule has 1 aliphatic rings. The first kappa shape index (κ1) is 18.7. The highest BCUT2D eigenvalue weighted by atomic mass is 35.5. The van der Waals surface area contributed by atoms with E-state index in [1.54, 1.807) is 6.07 Å². The van der Waals surface area contributed by atoms with Crippen LogP contribution in [-0.4, -0.2) is 29.9 Å². The maximum Gasteiger partial charge on any atom is 0.331 e. The Morgan fingerprint density at radius 2 is 2.07 bits per heavy atom. The minimum absolute atomic E-state index is 0.0535. The number of hydrogen-bond acceptors (Lipinski definition) is 6. The summed E-state index contributed by atoms with van der Waals surface area (Å²) in [6, 6.07) is 7.56. The maximum atomic E-state index is 12.5. The molecule has 0 aliphatic carbocycles. The summed E-state index contributed by atoms with van der Waals surface area (Å²) in [5.41, 5.74) is 2.54. The van der Waals surface area contributed by atoms with Gasteiger partial charge < -0.3 is 15.0 Å². The van der Waals surface area contributed by atoms with Gasteiger partial charge in [0.15, 0.2) is 5.75 Å². The molecule has 1 aliphatic heterocycles. The largest absolute Gasteiger partial charge is 0.423 e. The second kappa shape index (κ2) is 7.24. The van der Waals surface area contributed by atoms with Gasteiger partial charge >= 0.3 is 5.97 Å². The van der Waals surface area contributed by atoms with E-state index >= 15 is 0 Å². The van der Waals surface area contributed by atoms with Crippen molar-refractivity contribution in [3.05, 3.63) is 56.6 Å². The smallest absolute Gasteiger partial charge is 0.331 e. The number of fused-ring (bicyclic) bond motifs is 1. The molecule has 2 aromatic carbocycles. The molecule has 0 radical (unpaired) electrons. The predicted octanol–water partition coefficient (Wildman–Crippen LogP) is 3.23. The number of ether oxygens (including phenoxy) is 1. The van der Waals surface area contributed by atoms with Crippen LogP contribution in [0, 0.1) is 24.0 Å². The van der Waals surface area contributed by atoms with Crippen LogP contribution >= 0.6 is 11.6 Å². The minimum atomic E-state index is -0.597. The van der Waals surface area contributed by atoms with Crippen LogP contribution in [0.25, 0.3) is 0 Å². The molecule has 3 rings (SSSR count). The highest BCUT2D eigenvalue weighted by Crippen LogP contribution is 2.35. The lowest BCUT2D eigenvalue weighted by Gasteiger charge is -2.29. The number of aryl methyl sites for hydroxylation is 2. The maximum absolute atomic E-state index is 12.5. The topological polar surface area (TPSA) is 102 Å². The molecule has 1 heterocycles. The fourth-order valence-electron chi connectivity index (χ4n) is 2.92. The number of benzene rings is 2. The molecule has 2 aromatic rings. The Bertz CT molecular complexity index is 937. The van der Waals surface area contributed by atoms with Crippen molar-refractivity contribution < 1.29 is 19.2 Å². The highest BCUT2D eigenvalue weighted by molar-refractivity contribution is 6.34. The van der Waals surface area contributed by atoms with E-state index in [1.807, 2.05) is 19.9 Å². The van der Waals surface area contributed by atoms with Gasteiger partial charge in [0, 0.05) is 6.07 Å². The number of anilines is 2. The third-order valence-electron chi connectivity index (χ3n) is 4.07. The number of nitrogens with zero attached hydrogens (tertiary/aromatic N) is 2. The first-order chi connectivity index (χ1) is 12.7. The number of nitro benzene ring substituents is 1. The van der Waals surface area contributed by atoms with Gasteiger partial charge in [-0.2, -0.15) is 0 Å². The van der Waals surface area contributed by atoms with E-state index in [0.717, 1.165) is 17.2 Å². The van der Waals surface area contributed by atoms with Gasteiger partial charge in [-0.1, -0.05) is 17.7 Å². The molecule has 1 amide bonds. The second-order valence-electron chi connectivity index (χ2n) is 6.23. The fourth-order valence-corrected chi connectivity index (χ4v) is 3.29. The molecule has 9 heteroatoms. The number of amides is 1. The van der Waals surface area contributed by atoms with E-state index in [1.165, 1.54) is 17.0 Å². The lowest BCUT2D eigenvalue weighted by molar-refractivity contribution is -0.384. The van der Waals surface area contributed by atoms with Crippen LogP contribution in [0.5, 0.6) is 5.75 Å². The number of non-ortho nitro benzene ring substituents is 1. The molecule has 0 fully saturated rings. The molecule has 27 heavy (non-hydrogen) atoms. The number of rotatable bonds is 4. The molecule has 8 nitrogen and oxygen atoms in total. The zero-order valence-corrected chi connectivity index (χ0v) is 15.4. The SMILES string of the molecule is Cc1cc(C)c(NC(=O)CN2CC(=O)Oc3cc([N+](=O)[O-])ccc32)c(Cl)c1. The molecule has 1 N–H and O–H groups in total. The standard InChI is InChI=1S/C18H16ClN3O5/c1-10-5-11(2)18(13(19)6-10)20-16(23)8-21-9-17(24)27-15-7-12(22(25)26)3-4-14(15)21/h3-7H,8-9H2,1-2H3,(H,20,23). The summed E-state index contributed by atoms with van der Waals surface area (Å²) in [5, 5.41) is 14.1. The zero-order valence-electron chi connectivity index (χ0n) is 14.6. The van der Waals surface area contributed by atoms with E-state index < -0.39 is 10.9 Å². The minimum Gasteiger partial charge on any atom is -0.423 e. The van der Waals surface area contributed by atoms with Crippen molar-refractivity contribution in [2.45, 2.75) is 13.8 Å². The van der Waals surface area contributed by atoms with Crippen molar-refractivity contribution in [2.24, 2.45) is 0 Å². The third kappa shape index (κ3) is 4.01. The van der Waals surface area contributed by atoms with Crippen LogP contribution in [0.2, 0.25) is 5.02 Å². The molecule has 0 aromatic heterocycles. The number of hydrogen-bond donors (Lipinski definition) is 1. The normalized spacial score (nSPS) is 13.0. The second-order valence-corrected chi connectivity index (χ2v) is 6.63.